The highest BCUT2D eigenvalue weighted by Crippen LogP contribution is 2.73. The second-order valence-electron chi connectivity index (χ2n) is 8.36. The van der Waals surface area contributed by atoms with E-state index in [4.69, 9.17) is 9.47 Å². The van der Waals surface area contributed by atoms with E-state index >= 15 is 0 Å². The second-order valence-corrected chi connectivity index (χ2v) is 9.97. The van der Waals surface area contributed by atoms with Crippen molar-refractivity contribution in [2.75, 3.05) is 14.2 Å². The second kappa shape index (κ2) is 6.93. The molecule has 3 saturated carbocycles. The number of rotatable bonds is 5. The molecule has 8 heteroatoms. The Labute approximate surface area is 170 Å². The van der Waals surface area contributed by atoms with Gasteiger partial charge < -0.3 is 9.47 Å². The number of benzene rings is 1. The first-order chi connectivity index (χ1) is 13.7. The van der Waals surface area contributed by atoms with Crippen LogP contribution in [0, 0.1) is 48.3 Å². The number of methoxy groups -OCH3 is 2. The molecular weight excluding hydrogens is 394 g/mol. The third-order valence-corrected chi connectivity index (χ3v) is 8.38. The third-order valence-electron chi connectivity index (χ3n) is 6.99. The van der Waals surface area contributed by atoms with Crippen molar-refractivity contribution in [1.29, 1.82) is 0 Å². The van der Waals surface area contributed by atoms with Crippen molar-refractivity contribution in [3.63, 3.8) is 0 Å². The molecule has 0 saturated heterocycles. The molecule has 0 heterocycles. The quantitative estimate of drug-likeness (QED) is 0.536. The minimum absolute atomic E-state index is 0.00113. The lowest BCUT2D eigenvalue weighted by molar-refractivity contribution is -0.160. The molecule has 0 radical (unpaired) electrons. The van der Waals surface area contributed by atoms with Gasteiger partial charge in [-0.05, 0) is 56.1 Å². The molecule has 0 N–H and O–H groups in total. The van der Waals surface area contributed by atoms with Gasteiger partial charge >= 0.3 is 11.9 Å². The lowest BCUT2D eigenvalue weighted by Gasteiger charge is -2.26. The van der Waals surface area contributed by atoms with Gasteiger partial charge in [0.25, 0.3) is 10.0 Å². The fourth-order valence-corrected chi connectivity index (χ4v) is 6.97. The highest BCUT2D eigenvalue weighted by atomic mass is 32.2. The van der Waals surface area contributed by atoms with Crippen molar-refractivity contribution >= 4 is 27.7 Å². The largest absolute Gasteiger partial charge is 0.469 e. The molecule has 0 spiro atoms. The summed E-state index contributed by atoms with van der Waals surface area (Å²) in [6, 6.07) is 6.59. The van der Waals surface area contributed by atoms with Gasteiger partial charge in [-0.2, -0.15) is 12.8 Å². The van der Waals surface area contributed by atoms with E-state index in [2.05, 4.69) is 4.40 Å². The first-order valence-electron chi connectivity index (χ1n) is 9.75. The van der Waals surface area contributed by atoms with Crippen molar-refractivity contribution < 1.29 is 27.5 Å². The normalized spacial score (nSPS) is 35.2. The number of carbonyl (C=O) groups is 2. The number of hydrogen-bond donors (Lipinski definition) is 0. The fourth-order valence-electron chi connectivity index (χ4n) is 5.88. The number of esters is 2. The number of aryl methyl sites for hydroxylation is 1. The summed E-state index contributed by atoms with van der Waals surface area (Å²) in [5.74, 6) is -1.52. The molecule has 2 bridgehead atoms. The maximum absolute atomic E-state index is 12.7. The molecule has 3 aliphatic carbocycles. The molecule has 0 amide bonds. The number of nitrogens with zero attached hydrogens (tertiary/aromatic N) is 1. The topological polar surface area (TPSA) is 99.1 Å². The maximum atomic E-state index is 12.7. The summed E-state index contributed by atoms with van der Waals surface area (Å²) in [6.07, 6.45) is 0.767. The summed E-state index contributed by atoms with van der Waals surface area (Å²) in [7, 11) is -1.14. The Bertz CT molecular complexity index is 949. The van der Waals surface area contributed by atoms with Crippen LogP contribution in [0.1, 0.15) is 18.9 Å². The molecule has 1 aromatic carbocycles. The zero-order valence-corrected chi connectivity index (χ0v) is 17.7. The molecule has 6 unspecified atom stereocenters. The van der Waals surface area contributed by atoms with E-state index in [1.54, 1.807) is 31.2 Å². The Morgan fingerprint density at radius 2 is 1.41 bits per heavy atom. The molecule has 4 rings (SSSR count). The Morgan fingerprint density at radius 3 is 1.86 bits per heavy atom. The van der Waals surface area contributed by atoms with Crippen LogP contribution in [0.25, 0.3) is 0 Å². The van der Waals surface area contributed by atoms with Crippen LogP contribution >= 0.6 is 0 Å². The summed E-state index contributed by atoms with van der Waals surface area (Å²) in [4.78, 5) is 24.9. The van der Waals surface area contributed by atoms with E-state index in [1.807, 2.05) is 6.92 Å². The number of carbonyl (C=O) groups excluding carboxylic acids is 2. The third kappa shape index (κ3) is 3.08. The van der Waals surface area contributed by atoms with Gasteiger partial charge in [0, 0.05) is 11.6 Å². The van der Waals surface area contributed by atoms with E-state index in [-0.39, 0.29) is 46.4 Å². The van der Waals surface area contributed by atoms with Crippen molar-refractivity contribution in [3.05, 3.63) is 29.8 Å². The summed E-state index contributed by atoms with van der Waals surface area (Å²) in [5.41, 5.74) is 1.52. The Hall–Kier alpha value is -2.22. The Kier molecular flexibility index (Phi) is 4.80. The van der Waals surface area contributed by atoms with Crippen molar-refractivity contribution in [1.82, 2.24) is 0 Å². The number of sulfonamides is 1. The van der Waals surface area contributed by atoms with Crippen LogP contribution in [0.5, 0.6) is 0 Å². The lowest BCUT2D eigenvalue weighted by Crippen LogP contribution is -2.37. The van der Waals surface area contributed by atoms with E-state index in [0.717, 1.165) is 12.0 Å². The average Bonchev–Trinajstić information content (AvgIpc) is 3.19. The van der Waals surface area contributed by atoms with Crippen LogP contribution in [-0.2, 0) is 29.1 Å². The molecule has 3 aliphatic rings. The molecule has 7 nitrogen and oxygen atoms in total. The van der Waals surface area contributed by atoms with Gasteiger partial charge in [0.15, 0.2) is 0 Å². The summed E-state index contributed by atoms with van der Waals surface area (Å²) in [5, 5.41) is 0. The van der Waals surface area contributed by atoms with Gasteiger partial charge in [-0.1, -0.05) is 17.7 Å². The number of fused-ring (bicyclic) bond motifs is 5. The van der Waals surface area contributed by atoms with Crippen LogP contribution in [0.4, 0.5) is 0 Å². The van der Waals surface area contributed by atoms with Crippen LogP contribution in [0.15, 0.2) is 33.6 Å². The minimum atomic E-state index is -3.79. The maximum Gasteiger partial charge on any atom is 0.309 e. The predicted molar refractivity (Wildman–Crippen MR) is 105 cm³/mol. The first-order valence-corrected chi connectivity index (χ1v) is 11.2. The molecule has 6 atom stereocenters. The van der Waals surface area contributed by atoms with Crippen molar-refractivity contribution in [2.45, 2.75) is 25.2 Å². The zero-order chi connectivity index (χ0) is 21.1. The van der Waals surface area contributed by atoms with E-state index in [1.165, 1.54) is 14.2 Å². The average molecular weight is 419 g/mol. The van der Waals surface area contributed by atoms with Crippen molar-refractivity contribution in [2.24, 2.45) is 45.8 Å². The van der Waals surface area contributed by atoms with Gasteiger partial charge in [0.2, 0.25) is 0 Å². The molecule has 3 fully saturated rings. The minimum Gasteiger partial charge on any atom is -0.469 e. The molecule has 1 aromatic rings. The van der Waals surface area contributed by atoms with Gasteiger partial charge in [0.1, 0.15) is 0 Å². The molecule has 0 aromatic heterocycles. The molecular formula is C21H25NO6S. The summed E-state index contributed by atoms with van der Waals surface area (Å²) >= 11 is 0. The van der Waals surface area contributed by atoms with Crippen molar-refractivity contribution in [3.8, 4) is 0 Å². The van der Waals surface area contributed by atoms with Gasteiger partial charge in [0.05, 0.1) is 31.0 Å². The van der Waals surface area contributed by atoms with Crippen LogP contribution < -0.4 is 0 Å². The summed E-state index contributed by atoms with van der Waals surface area (Å²) < 4.78 is 39.4. The zero-order valence-electron chi connectivity index (χ0n) is 16.9. The predicted octanol–water partition coefficient (Wildman–Crippen LogP) is 2.23. The Morgan fingerprint density at radius 1 is 0.931 bits per heavy atom. The van der Waals surface area contributed by atoms with E-state index < -0.39 is 21.9 Å². The SMILES string of the molecule is COC(=O)C1C2CC(C1C(=O)OC)C1C(/C(C)=N/S(=O)(=O)c3ccc(C)cc3)C21. The van der Waals surface area contributed by atoms with Crippen LogP contribution in [0.2, 0.25) is 0 Å². The lowest BCUT2D eigenvalue weighted by atomic mass is 9.79. The molecule has 0 aliphatic heterocycles. The number of ether oxygens (including phenoxy) is 2. The fraction of sp³-hybridized carbons (Fsp3) is 0.571. The highest BCUT2D eigenvalue weighted by Gasteiger charge is 2.74. The van der Waals surface area contributed by atoms with E-state index in [0.29, 0.717) is 5.71 Å². The standard InChI is InChI=1S/C21H25NO6S/c1-10-5-7-12(8-6-10)29(25,26)22-11(2)15-16-13-9-14(17(15)16)19(21(24)28-4)18(13)20(23)27-3/h5-8,13-19H,9H2,1-4H3/b22-11+. The van der Waals surface area contributed by atoms with Crippen LogP contribution in [0.3, 0.4) is 0 Å². The first kappa shape index (κ1) is 20.1. The molecule has 29 heavy (non-hydrogen) atoms. The highest BCUT2D eigenvalue weighted by molar-refractivity contribution is 7.90. The summed E-state index contributed by atoms with van der Waals surface area (Å²) in [6.45, 7) is 3.62. The van der Waals surface area contributed by atoms with Gasteiger partial charge in [-0.3, -0.25) is 9.59 Å². The monoisotopic (exact) mass is 419 g/mol. The smallest absolute Gasteiger partial charge is 0.309 e. The Balaban J connectivity index is 1.60. The number of hydrogen-bond acceptors (Lipinski definition) is 6. The van der Waals surface area contributed by atoms with E-state index in [9.17, 15) is 18.0 Å². The van der Waals surface area contributed by atoms with Crippen LogP contribution in [-0.4, -0.2) is 40.3 Å². The van der Waals surface area contributed by atoms with Gasteiger partial charge in [-0.25, -0.2) is 0 Å². The van der Waals surface area contributed by atoms with Gasteiger partial charge in [-0.15, -0.1) is 0 Å². The molecule has 156 valence electrons.